The summed E-state index contributed by atoms with van der Waals surface area (Å²) in [4.78, 5) is 18.1. The van der Waals surface area contributed by atoms with Crippen LogP contribution in [0.15, 0.2) is 10.9 Å². The number of hydrogen-bond donors (Lipinski definition) is 0. The van der Waals surface area contributed by atoms with Crippen LogP contribution in [0.1, 0.15) is 23.2 Å². The SMILES string of the molecule is CCc1sc2nc(C)cc(=O)n2c1C. The third-order valence-corrected chi connectivity index (χ3v) is 3.58. The van der Waals surface area contributed by atoms with Crippen LogP contribution in [0.25, 0.3) is 4.96 Å². The minimum Gasteiger partial charge on any atom is -0.269 e. The van der Waals surface area contributed by atoms with Gasteiger partial charge in [0, 0.05) is 22.3 Å². The van der Waals surface area contributed by atoms with Crippen LogP contribution in [0, 0.1) is 13.8 Å². The first-order chi connectivity index (χ1) is 6.63. The molecule has 0 unspecified atom stereocenters. The van der Waals surface area contributed by atoms with Crippen molar-refractivity contribution >= 4 is 16.3 Å². The van der Waals surface area contributed by atoms with Gasteiger partial charge in [-0.2, -0.15) is 0 Å². The van der Waals surface area contributed by atoms with Crippen molar-refractivity contribution < 1.29 is 0 Å². The Morgan fingerprint density at radius 2 is 2.21 bits per heavy atom. The summed E-state index contributed by atoms with van der Waals surface area (Å²) in [6.45, 7) is 5.92. The number of nitrogens with zero attached hydrogens (tertiary/aromatic N) is 2. The van der Waals surface area contributed by atoms with E-state index < -0.39 is 0 Å². The van der Waals surface area contributed by atoms with Crippen molar-refractivity contribution in [2.45, 2.75) is 27.2 Å². The summed E-state index contributed by atoms with van der Waals surface area (Å²) < 4.78 is 1.69. The Labute approximate surface area is 86.0 Å². The van der Waals surface area contributed by atoms with E-state index in [-0.39, 0.29) is 5.56 Å². The summed E-state index contributed by atoms with van der Waals surface area (Å²) in [7, 11) is 0. The van der Waals surface area contributed by atoms with Crippen molar-refractivity contribution in [1.82, 2.24) is 9.38 Å². The Morgan fingerprint density at radius 3 is 2.86 bits per heavy atom. The maximum atomic E-state index is 11.7. The van der Waals surface area contributed by atoms with Crippen LogP contribution >= 0.6 is 11.3 Å². The Bertz CT molecular complexity index is 539. The minimum absolute atomic E-state index is 0.0287. The van der Waals surface area contributed by atoms with E-state index in [2.05, 4.69) is 11.9 Å². The lowest BCUT2D eigenvalue weighted by atomic mass is 10.3. The minimum atomic E-state index is 0.0287. The lowest BCUT2D eigenvalue weighted by Crippen LogP contribution is -2.14. The third-order valence-electron chi connectivity index (χ3n) is 2.29. The first kappa shape index (κ1) is 9.40. The molecule has 74 valence electrons. The highest BCUT2D eigenvalue weighted by atomic mass is 32.1. The van der Waals surface area contributed by atoms with E-state index in [1.807, 2.05) is 13.8 Å². The number of hydrogen-bond acceptors (Lipinski definition) is 3. The molecule has 0 spiro atoms. The molecular formula is C10H12N2OS. The first-order valence-electron chi connectivity index (χ1n) is 4.62. The van der Waals surface area contributed by atoms with E-state index in [0.717, 1.165) is 22.8 Å². The van der Waals surface area contributed by atoms with Gasteiger partial charge >= 0.3 is 0 Å². The molecule has 2 aromatic heterocycles. The van der Waals surface area contributed by atoms with Crippen LogP contribution < -0.4 is 5.56 Å². The predicted molar refractivity (Wildman–Crippen MR) is 58.2 cm³/mol. The highest BCUT2D eigenvalue weighted by molar-refractivity contribution is 7.17. The predicted octanol–water partition coefficient (Wildman–Crippen LogP) is 1.94. The van der Waals surface area contributed by atoms with E-state index >= 15 is 0 Å². The van der Waals surface area contributed by atoms with Gasteiger partial charge in [0.05, 0.1) is 0 Å². The molecule has 2 aromatic rings. The van der Waals surface area contributed by atoms with Crippen molar-refractivity contribution in [2.75, 3.05) is 0 Å². The van der Waals surface area contributed by atoms with Crippen LogP contribution in [0.5, 0.6) is 0 Å². The zero-order valence-corrected chi connectivity index (χ0v) is 9.31. The van der Waals surface area contributed by atoms with Crippen LogP contribution in [0.3, 0.4) is 0 Å². The van der Waals surface area contributed by atoms with Crippen molar-refractivity contribution in [3.8, 4) is 0 Å². The molecule has 4 heteroatoms. The normalized spacial score (nSPS) is 11.1. The summed E-state index contributed by atoms with van der Waals surface area (Å²) in [6, 6.07) is 1.58. The highest BCUT2D eigenvalue weighted by Gasteiger charge is 2.09. The molecule has 14 heavy (non-hydrogen) atoms. The van der Waals surface area contributed by atoms with E-state index in [9.17, 15) is 4.79 Å². The number of fused-ring (bicyclic) bond motifs is 1. The zero-order chi connectivity index (χ0) is 10.3. The molecule has 3 nitrogen and oxygen atoms in total. The second kappa shape index (κ2) is 3.20. The number of aromatic nitrogens is 2. The summed E-state index contributed by atoms with van der Waals surface area (Å²) in [5, 5.41) is 0. The van der Waals surface area contributed by atoms with Gasteiger partial charge in [0.15, 0.2) is 4.96 Å². The average molecular weight is 208 g/mol. The fraction of sp³-hybridized carbons (Fsp3) is 0.400. The van der Waals surface area contributed by atoms with Crippen LogP contribution in [0.2, 0.25) is 0 Å². The van der Waals surface area contributed by atoms with Gasteiger partial charge in [0.2, 0.25) is 0 Å². The number of thiazole rings is 1. The molecule has 0 saturated heterocycles. The van der Waals surface area contributed by atoms with Crippen LogP contribution in [-0.2, 0) is 6.42 Å². The lowest BCUT2D eigenvalue weighted by Gasteiger charge is -1.96. The lowest BCUT2D eigenvalue weighted by molar-refractivity contribution is 0.978. The van der Waals surface area contributed by atoms with Gasteiger partial charge in [-0.25, -0.2) is 4.98 Å². The standard InChI is InChI=1S/C10H12N2OS/c1-4-8-7(3)12-9(13)5-6(2)11-10(12)14-8/h5H,4H2,1-3H3. The van der Waals surface area contributed by atoms with Gasteiger partial charge in [-0.3, -0.25) is 9.20 Å². The average Bonchev–Trinajstić information content (AvgIpc) is 2.42. The molecule has 0 radical (unpaired) electrons. The first-order valence-corrected chi connectivity index (χ1v) is 5.43. The molecule has 0 fully saturated rings. The van der Waals surface area contributed by atoms with Gasteiger partial charge in [-0.15, -0.1) is 11.3 Å². The molecule has 0 aromatic carbocycles. The van der Waals surface area contributed by atoms with Gasteiger partial charge in [-0.1, -0.05) is 6.92 Å². The highest BCUT2D eigenvalue weighted by Crippen LogP contribution is 2.20. The molecule has 0 saturated carbocycles. The van der Waals surface area contributed by atoms with Crippen molar-refractivity contribution in [2.24, 2.45) is 0 Å². The third kappa shape index (κ3) is 1.26. The van der Waals surface area contributed by atoms with Gasteiger partial charge in [-0.05, 0) is 20.3 Å². The maximum Gasteiger partial charge on any atom is 0.258 e. The molecule has 0 atom stereocenters. The van der Waals surface area contributed by atoms with Crippen molar-refractivity contribution in [3.63, 3.8) is 0 Å². The molecular weight excluding hydrogens is 196 g/mol. The molecule has 0 amide bonds. The number of rotatable bonds is 1. The quantitative estimate of drug-likeness (QED) is 0.717. The van der Waals surface area contributed by atoms with E-state index in [1.165, 1.54) is 4.88 Å². The largest absolute Gasteiger partial charge is 0.269 e. The summed E-state index contributed by atoms with van der Waals surface area (Å²) in [5.74, 6) is 0. The monoisotopic (exact) mass is 208 g/mol. The fourth-order valence-electron chi connectivity index (χ4n) is 1.58. The molecule has 0 aliphatic carbocycles. The van der Waals surface area contributed by atoms with Crippen LogP contribution in [-0.4, -0.2) is 9.38 Å². The molecule has 0 aliphatic heterocycles. The van der Waals surface area contributed by atoms with E-state index in [0.29, 0.717) is 0 Å². The second-order valence-electron chi connectivity index (χ2n) is 3.32. The van der Waals surface area contributed by atoms with E-state index in [4.69, 9.17) is 0 Å². The van der Waals surface area contributed by atoms with Crippen LogP contribution in [0.4, 0.5) is 0 Å². The van der Waals surface area contributed by atoms with Gasteiger partial charge in [0.25, 0.3) is 5.56 Å². The Morgan fingerprint density at radius 1 is 1.50 bits per heavy atom. The summed E-state index contributed by atoms with van der Waals surface area (Å²) in [6.07, 6.45) is 0.957. The summed E-state index contributed by atoms with van der Waals surface area (Å²) >= 11 is 1.60. The molecule has 0 bridgehead atoms. The molecule has 2 rings (SSSR count). The van der Waals surface area contributed by atoms with Gasteiger partial charge in [0.1, 0.15) is 0 Å². The zero-order valence-electron chi connectivity index (χ0n) is 8.50. The fourth-order valence-corrected chi connectivity index (χ4v) is 2.70. The topological polar surface area (TPSA) is 34.4 Å². The van der Waals surface area contributed by atoms with Gasteiger partial charge < -0.3 is 0 Å². The molecule has 0 aliphatic rings. The smallest absolute Gasteiger partial charge is 0.258 e. The number of aryl methyl sites for hydroxylation is 3. The van der Waals surface area contributed by atoms with Crippen molar-refractivity contribution in [1.29, 1.82) is 0 Å². The molecule has 0 N–H and O–H groups in total. The Kier molecular flexibility index (Phi) is 2.15. The van der Waals surface area contributed by atoms with Crippen molar-refractivity contribution in [3.05, 3.63) is 32.7 Å². The Balaban J connectivity index is 2.92. The maximum absolute atomic E-state index is 11.7. The Hall–Kier alpha value is -1.16. The summed E-state index contributed by atoms with van der Waals surface area (Å²) in [5.41, 5.74) is 1.85. The molecule has 2 heterocycles. The second-order valence-corrected chi connectivity index (χ2v) is 4.38. The van der Waals surface area contributed by atoms with E-state index in [1.54, 1.807) is 21.8 Å².